The van der Waals surface area contributed by atoms with E-state index < -0.39 is 0 Å². The van der Waals surface area contributed by atoms with Crippen LogP contribution in [0.2, 0.25) is 0 Å². The van der Waals surface area contributed by atoms with Crippen molar-refractivity contribution in [2.75, 3.05) is 13.2 Å². The Morgan fingerprint density at radius 2 is 2.23 bits per heavy atom. The van der Waals surface area contributed by atoms with Crippen LogP contribution in [0.3, 0.4) is 0 Å². The van der Waals surface area contributed by atoms with Gasteiger partial charge in [0, 0.05) is 18.7 Å². The average Bonchev–Trinajstić information content (AvgIpc) is 2.28. The Balaban J connectivity index is 0.000000845. The molecule has 0 saturated carbocycles. The smallest absolute Gasteiger partial charge is 0.124 e. The van der Waals surface area contributed by atoms with Crippen molar-refractivity contribution in [3.8, 4) is 5.75 Å². The number of ether oxygens (including phenoxy) is 1. The minimum Gasteiger partial charge on any atom is -0.492 e. The third-order valence-corrected chi connectivity index (χ3v) is 2.07. The third kappa shape index (κ3) is 2.36. The molecule has 0 aromatic heterocycles. The maximum absolute atomic E-state index is 5.57. The zero-order valence-electron chi connectivity index (χ0n) is 7.67. The van der Waals surface area contributed by atoms with Crippen LogP contribution in [-0.4, -0.2) is 13.2 Å². The molecular weight excluding hydrogens is 186 g/mol. The largest absolute Gasteiger partial charge is 0.492 e. The molecule has 0 unspecified atom stereocenters. The van der Waals surface area contributed by atoms with Crippen molar-refractivity contribution in [1.29, 1.82) is 0 Å². The molecule has 2 rings (SSSR count). The summed E-state index contributed by atoms with van der Waals surface area (Å²) in [5.74, 6) is 1.04. The zero-order chi connectivity index (χ0) is 8.39. The summed E-state index contributed by atoms with van der Waals surface area (Å²) in [7, 11) is 0. The number of benzene rings is 1. The first-order valence-electron chi connectivity index (χ1n) is 4.29. The Kier molecular flexibility index (Phi) is 3.58. The van der Waals surface area contributed by atoms with Gasteiger partial charge in [-0.15, -0.1) is 12.4 Å². The van der Waals surface area contributed by atoms with E-state index in [4.69, 9.17) is 4.74 Å². The van der Waals surface area contributed by atoms with Gasteiger partial charge in [0.2, 0.25) is 0 Å². The topological polar surface area (TPSA) is 21.3 Å². The molecule has 0 fully saturated rings. The molecule has 0 saturated heterocycles. The third-order valence-electron chi connectivity index (χ3n) is 2.07. The summed E-state index contributed by atoms with van der Waals surface area (Å²) in [6, 6.07) is 6.35. The maximum Gasteiger partial charge on any atom is 0.124 e. The summed E-state index contributed by atoms with van der Waals surface area (Å²) >= 11 is 0. The quantitative estimate of drug-likeness (QED) is 0.689. The molecule has 1 heterocycles. The van der Waals surface area contributed by atoms with Crippen LogP contribution in [0.15, 0.2) is 18.2 Å². The van der Waals surface area contributed by atoms with Crippen molar-refractivity contribution >= 4 is 12.4 Å². The Labute approximate surface area is 84.7 Å². The first kappa shape index (κ1) is 10.4. The van der Waals surface area contributed by atoms with Crippen molar-refractivity contribution in [2.24, 2.45) is 0 Å². The minimum absolute atomic E-state index is 0. The zero-order valence-corrected chi connectivity index (χ0v) is 8.49. The van der Waals surface area contributed by atoms with Crippen LogP contribution >= 0.6 is 12.4 Å². The lowest BCUT2D eigenvalue weighted by molar-refractivity contribution is 0.325. The molecule has 0 bridgehead atoms. The molecule has 1 aromatic carbocycles. The van der Waals surface area contributed by atoms with E-state index in [2.05, 4.69) is 30.4 Å². The average molecular weight is 200 g/mol. The van der Waals surface area contributed by atoms with Crippen LogP contribution in [-0.2, 0) is 6.54 Å². The van der Waals surface area contributed by atoms with Gasteiger partial charge in [0.05, 0.1) is 0 Å². The molecule has 0 spiro atoms. The maximum atomic E-state index is 5.57. The summed E-state index contributed by atoms with van der Waals surface area (Å²) in [6.45, 7) is 4.72. The first-order valence-corrected chi connectivity index (χ1v) is 4.29. The summed E-state index contributed by atoms with van der Waals surface area (Å²) in [4.78, 5) is 0. The number of halogens is 1. The van der Waals surface area contributed by atoms with Gasteiger partial charge in [0.1, 0.15) is 12.4 Å². The molecule has 13 heavy (non-hydrogen) atoms. The highest BCUT2D eigenvalue weighted by atomic mass is 35.5. The molecule has 3 heteroatoms. The number of rotatable bonds is 0. The lowest BCUT2D eigenvalue weighted by Gasteiger charge is -2.06. The molecule has 72 valence electrons. The first-order chi connectivity index (χ1) is 5.86. The second kappa shape index (κ2) is 4.49. The van der Waals surface area contributed by atoms with Gasteiger partial charge in [0.25, 0.3) is 0 Å². The highest BCUT2D eigenvalue weighted by Crippen LogP contribution is 2.21. The molecule has 0 aliphatic carbocycles. The van der Waals surface area contributed by atoms with Gasteiger partial charge in [-0.1, -0.05) is 12.1 Å². The van der Waals surface area contributed by atoms with Gasteiger partial charge in [-0.05, 0) is 18.6 Å². The monoisotopic (exact) mass is 199 g/mol. The predicted molar refractivity (Wildman–Crippen MR) is 55.6 cm³/mol. The Morgan fingerprint density at radius 1 is 1.38 bits per heavy atom. The van der Waals surface area contributed by atoms with Gasteiger partial charge >= 0.3 is 0 Å². The van der Waals surface area contributed by atoms with E-state index >= 15 is 0 Å². The molecule has 1 N–H and O–H groups in total. The number of fused-ring (bicyclic) bond motifs is 1. The second-order valence-electron chi connectivity index (χ2n) is 3.14. The van der Waals surface area contributed by atoms with Crippen LogP contribution in [0.25, 0.3) is 0 Å². The summed E-state index contributed by atoms with van der Waals surface area (Å²) in [6.07, 6.45) is 0. The van der Waals surface area contributed by atoms with Crippen molar-refractivity contribution in [1.82, 2.24) is 5.32 Å². The van der Waals surface area contributed by atoms with Crippen LogP contribution in [0.1, 0.15) is 11.1 Å². The van der Waals surface area contributed by atoms with Crippen molar-refractivity contribution < 1.29 is 4.74 Å². The van der Waals surface area contributed by atoms with Crippen molar-refractivity contribution in [2.45, 2.75) is 13.5 Å². The Morgan fingerprint density at radius 3 is 3.08 bits per heavy atom. The van der Waals surface area contributed by atoms with Crippen LogP contribution in [0.4, 0.5) is 0 Å². The lowest BCUT2D eigenvalue weighted by Crippen LogP contribution is -2.16. The summed E-state index contributed by atoms with van der Waals surface area (Å²) in [5.41, 5.74) is 2.52. The fourth-order valence-electron chi connectivity index (χ4n) is 1.40. The fourth-order valence-corrected chi connectivity index (χ4v) is 1.40. The van der Waals surface area contributed by atoms with E-state index in [1.165, 1.54) is 11.1 Å². The highest BCUT2D eigenvalue weighted by molar-refractivity contribution is 5.85. The van der Waals surface area contributed by atoms with Gasteiger partial charge in [-0.2, -0.15) is 0 Å². The number of aryl methyl sites for hydroxylation is 1. The molecule has 0 radical (unpaired) electrons. The Bertz CT molecular complexity index is 288. The normalized spacial score (nSPS) is 14.8. The molecule has 1 aliphatic rings. The van der Waals surface area contributed by atoms with Crippen LogP contribution in [0.5, 0.6) is 5.75 Å². The molecule has 0 atom stereocenters. The predicted octanol–water partition coefficient (Wildman–Crippen LogP) is 1.90. The summed E-state index contributed by atoms with van der Waals surface area (Å²) in [5, 5.41) is 3.30. The summed E-state index contributed by atoms with van der Waals surface area (Å²) < 4.78 is 5.57. The molecule has 0 amide bonds. The highest BCUT2D eigenvalue weighted by Gasteiger charge is 2.06. The van der Waals surface area contributed by atoms with Gasteiger partial charge in [-0.25, -0.2) is 0 Å². The lowest BCUT2D eigenvalue weighted by atomic mass is 10.1. The van der Waals surface area contributed by atoms with E-state index in [1.54, 1.807) is 0 Å². The molecular formula is C10H14ClNO. The fraction of sp³-hybridized carbons (Fsp3) is 0.400. The van der Waals surface area contributed by atoms with Crippen LogP contribution < -0.4 is 10.1 Å². The van der Waals surface area contributed by atoms with Gasteiger partial charge in [0.15, 0.2) is 0 Å². The number of hydrogen-bond donors (Lipinski definition) is 1. The second-order valence-corrected chi connectivity index (χ2v) is 3.14. The minimum atomic E-state index is 0. The number of hydrogen-bond acceptors (Lipinski definition) is 2. The SMILES string of the molecule is Cc1ccc2c(c1)OCCNC2.Cl. The van der Waals surface area contributed by atoms with Gasteiger partial charge in [-0.3, -0.25) is 0 Å². The van der Waals surface area contributed by atoms with Gasteiger partial charge < -0.3 is 10.1 Å². The number of nitrogens with one attached hydrogen (secondary N) is 1. The van der Waals surface area contributed by atoms with Crippen LogP contribution in [0, 0.1) is 6.92 Å². The van der Waals surface area contributed by atoms with E-state index in [0.29, 0.717) is 0 Å². The molecule has 1 aliphatic heterocycles. The van der Waals surface area contributed by atoms with Crippen molar-refractivity contribution in [3.63, 3.8) is 0 Å². The molecule has 1 aromatic rings. The standard InChI is InChI=1S/C10H13NO.ClH/c1-8-2-3-9-7-11-4-5-12-10(9)6-8;/h2-3,6,11H,4-5,7H2,1H3;1H. The van der Waals surface area contributed by atoms with E-state index in [1.807, 2.05) is 0 Å². The Hall–Kier alpha value is -0.730. The van der Waals surface area contributed by atoms with E-state index in [0.717, 1.165) is 25.4 Å². The van der Waals surface area contributed by atoms with Crippen molar-refractivity contribution in [3.05, 3.63) is 29.3 Å². The van der Waals surface area contributed by atoms with E-state index in [-0.39, 0.29) is 12.4 Å². The molecule has 2 nitrogen and oxygen atoms in total. The van der Waals surface area contributed by atoms with E-state index in [9.17, 15) is 0 Å².